The molecule has 0 N–H and O–H groups in total. The van der Waals surface area contributed by atoms with Crippen LogP contribution in [0.5, 0.6) is 0 Å². The number of aliphatic imine (C=N–C) groups is 1. The molecule has 0 saturated carbocycles. The van der Waals surface area contributed by atoms with Gasteiger partial charge in [-0.3, -0.25) is 0 Å². The molecule has 0 unspecified atom stereocenters. The number of isothiocyanates is 1. The van der Waals surface area contributed by atoms with E-state index in [1.54, 1.807) is 0 Å². The van der Waals surface area contributed by atoms with Gasteiger partial charge < -0.3 is 0 Å². The second-order valence-electron chi connectivity index (χ2n) is 4.76. The molecular weight excluding hydrogens is 240 g/mol. The Labute approximate surface area is 112 Å². The lowest BCUT2D eigenvalue weighted by Crippen LogP contribution is -2.37. The largest absolute Gasteiger partial charge is 0.214 e. The highest BCUT2D eigenvalue weighted by Crippen LogP contribution is 2.33. The van der Waals surface area contributed by atoms with Crippen LogP contribution >= 0.6 is 12.2 Å². The summed E-state index contributed by atoms with van der Waals surface area (Å²) < 4.78 is 2.31. The first-order valence-corrected chi connectivity index (χ1v) is 6.74. The van der Waals surface area contributed by atoms with Crippen LogP contribution < -0.4 is 4.57 Å². The van der Waals surface area contributed by atoms with Crippen molar-refractivity contribution in [1.29, 1.82) is 0 Å². The Kier molecular flexibility index (Phi) is 2.94. The van der Waals surface area contributed by atoms with E-state index in [0.717, 1.165) is 18.5 Å². The minimum Gasteiger partial charge on any atom is -0.198 e. The normalized spacial score (nSPS) is 14.1. The van der Waals surface area contributed by atoms with Crippen LogP contribution in [0.3, 0.4) is 0 Å². The van der Waals surface area contributed by atoms with Gasteiger partial charge in [-0.25, -0.2) is 0 Å². The monoisotopic (exact) mass is 255 g/mol. The van der Waals surface area contributed by atoms with E-state index >= 15 is 0 Å². The number of thiocarbonyl (C=S) groups is 1. The maximum atomic E-state index is 4.81. The van der Waals surface area contributed by atoms with Crippen LogP contribution in [0.4, 0.5) is 5.69 Å². The van der Waals surface area contributed by atoms with Crippen molar-refractivity contribution < 1.29 is 4.57 Å². The first kappa shape index (κ1) is 11.5. The maximum Gasteiger partial charge on any atom is 0.214 e. The van der Waals surface area contributed by atoms with Crippen LogP contribution in [0.15, 0.2) is 29.3 Å². The Morgan fingerprint density at radius 1 is 1.22 bits per heavy atom. The first-order valence-electron chi connectivity index (χ1n) is 6.33. The lowest BCUT2D eigenvalue weighted by atomic mass is 9.92. The molecule has 90 valence electrons. The van der Waals surface area contributed by atoms with Crippen molar-refractivity contribution in [2.24, 2.45) is 12.0 Å². The second-order valence-corrected chi connectivity index (χ2v) is 4.94. The highest BCUT2D eigenvalue weighted by Gasteiger charge is 2.25. The number of para-hydroxylation sites is 1. The molecule has 0 amide bonds. The lowest BCUT2D eigenvalue weighted by Gasteiger charge is -2.16. The zero-order valence-electron chi connectivity index (χ0n) is 10.4. The predicted molar refractivity (Wildman–Crippen MR) is 76.5 cm³/mol. The fourth-order valence-corrected chi connectivity index (χ4v) is 3.05. The molecule has 3 heteroatoms. The number of aryl methyl sites for hydroxylation is 1. The molecule has 2 aromatic rings. The molecule has 1 aromatic heterocycles. The molecule has 18 heavy (non-hydrogen) atoms. The molecule has 0 atom stereocenters. The molecule has 1 heterocycles. The minimum absolute atomic E-state index is 1.04. The summed E-state index contributed by atoms with van der Waals surface area (Å²) >= 11 is 4.81. The third-order valence-electron chi connectivity index (χ3n) is 3.81. The molecule has 3 rings (SSSR count). The standard InChI is InChI=1S/C15H15N2S/c1-17-13-8-4-2-6-11(13)15(16-10-18)12-7-3-5-9-14(12)17/h2,4,6,8H,3,5,7,9H2,1H3/q+1. The SMILES string of the molecule is C[n+]1c2c(c(N=C=S)c3ccccc31)CCCC2. The van der Waals surface area contributed by atoms with Crippen molar-refractivity contribution in [1.82, 2.24) is 0 Å². The van der Waals surface area contributed by atoms with Gasteiger partial charge >= 0.3 is 0 Å². The molecule has 0 saturated heterocycles. The van der Waals surface area contributed by atoms with Crippen LogP contribution in [0.25, 0.3) is 10.9 Å². The van der Waals surface area contributed by atoms with Crippen molar-refractivity contribution in [3.05, 3.63) is 35.5 Å². The van der Waals surface area contributed by atoms with Crippen molar-refractivity contribution in [2.75, 3.05) is 0 Å². The van der Waals surface area contributed by atoms with E-state index < -0.39 is 0 Å². The quantitative estimate of drug-likeness (QED) is 0.434. The van der Waals surface area contributed by atoms with Gasteiger partial charge in [-0.1, -0.05) is 12.1 Å². The number of hydrogen-bond donors (Lipinski definition) is 0. The third-order valence-corrected chi connectivity index (χ3v) is 3.90. The summed E-state index contributed by atoms with van der Waals surface area (Å²) in [7, 11) is 2.15. The van der Waals surface area contributed by atoms with E-state index in [4.69, 9.17) is 12.2 Å². The highest BCUT2D eigenvalue weighted by atomic mass is 32.1. The summed E-state index contributed by atoms with van der Waals surface area (Å²) in [6.07, 6.45) is 4.74. The van der Waals surface area contributed by atoms with Gasteiger partial charge in [-0.2, -0.15) is 9.56 Å². The van der Waals surface area contributed by atoms with Crippen LogP contribution in [-0.4, -0.2) is 5.16 Å². The summed E-state index contributed by atoms with van der Waals surface area (Å²) in [5.41, 5.74) is 5.03. The van der Waals surface area contributed by atoms with Crippen molar-refractivity contribution in [3.8, 4) is 0 Å². The Morgan fingerprint density at radius 3 is 2.83 bits per heavy atom. The van der Waals surface area contributed by atoms with Gasteiger partial charge in [0.2, 0.25) is 5.52 Å². The van der Waals surface area contributed by atoms with E-state index in [-0.39, 0.29) is 0 Å². The van der Waals surface area contributed by atoms with Crippen LogP contribution in [0.1, 0.15) is 24.1 Å². The lowest BCUT2D eigenvalue weighted by molar-refractivity contribution is -0.653. The minimum atomic E-state index is 1.04. The summed E-state index contributed by atoms with van der Waals surface area (Å²) in [6, 6.07) is 8.39. The van der Waals surface area contributed by atoms with Gasteiger partial charge in [0, 0.05) is 18.1 Å². The Balaban J connectivity index is 2.47. The topological polar surface area (TPSA) is 16.2 Å². The van der Waals surface area contributed by atoms with Gasteiger partial charge in [-0.05, 0) is 37.5 Å². The van der Waals surface area contributed by atoms with E-state index in [9.17, 15) is 0 Å². The molecule has 0 radical (unpaired) electrons. The summed E-state index contributed by atoms with van der Waals surface area (Å²) in [4.78, 5) is 4.34. The average molecular weight is 255 g/mol. The Hall–Kier alpha value is -1.57. The Bertz CT molecular complexity index is 670. The van der Waals surface area contributed by atoms with E-state index in [2.05, 4.69) is 46.0 Å². The smallest absolute Gasteiger partial charge is 0.198 e. The first-order chi connectivity index (χ1) is 8.83. The summed E-state index contributed by atoms with van der Waals surface area (Å²) in [5.74, 6) is 0. The maximum absolute atomic E-state index is 4.81. The Morgan fingerprint density at radius 2 is 2.00 bits per heavy atom. The second kappa shape index (κ2) is 4.60. The highest BCUT2D eigenvalue weighted by molar-refractivity contribution is 7.78. The summed E-state index contributed by atoms with van der Waals surface area (Å²) in [5, 5.41) is 3.72. The van der Waals surface area contributed by atoms with Crippen LogP contribution in [-0.2, 0) is 19.9 Å². The van der Waals surface area contributed by atoms with Gasteiger partial charge in [0.15, 0.2) is 5.69 Å². The zero-order chi connectivity index (χ0) is 12.5. The van der Waals surface area contributed by atoms with Crippen molar-refractivity contribution >= 4 is 34.0 Å². The van der Waals surface area contributed by atoms with Crippen molar-refractivity contribution in [2.45, 2.75) is 25.7 Å². The fraction of sp³-hybridized carbons (Fsp3) is 0.333. The van der Waals surface area contributed by atoms with Crippen molar-refractivity contribution in [3.63, 3.8) is 0 Å². The number of pyridine rings is 1. The predicted octanol–water partition coefficient (Wildman–Crippen LogP) is 3.28. The number of benzene rings is 1. The van der Waals surface area contributed by atoms with Gasteiger partial charge in [0.1, 0.15) is 7.05 Å². The summed E-state index contributed by atoms with van der Waals surface area (Å²) in [6.45, 7) is 0. The van der Waals surface area contributed by atoms with Gasteiger partial charge in [0.05, 0.1) is 16.2 Å². The molecule has 1 aromatic carbocycles. The molecule has 0 fully saturated rings. The molecule has 0 aliphatic heterocycles. The average Bonchev–Trinajstić information content (AvgIpc) is 2.43. The third kappa shape index (κ3) is 1.67. The van der Waals surface area contributed by atoms with E-state index in [1.807, 2.05) is 0 Å². The molecular formula is C15H15N2S+. The van der Waals surface area contributed by atoms with Gasteiger partial charge in [0.25, 0.3) is 0 Å². The van der Waals surface area contributed by atoms with Crippen LogP contribution in [0.2, 0.25) is 0 Å². The fourth-order valence-electron chi connectivity index (χ4n) is 2.96. The number of fused-ring (bicyclic) bond motifs is 2. The molecule has 2 nitrogen and oxygen atoms in total. The van der Waals surface area contributed by atoms with Gasteiger partial charge in [-0.15, -0.1) is 0 Å². The number of hydrogen-bond acceptors (Lipinski definition) is 2. The number of nitrogens with zero attached hydrogens (tertiary/aromatic N) is 2. The number of aromatic nitrogens is 1. The molecule has 1 aliphatic carbocycles. The van der Waals surface area contributed by atoms with Crippen LogP contribution in [0, 0.1) is 0 Å². The molecule has 1 aliphatic rings. The van der Waals surface area contributed by atoms with E-state index in [0.29, 0.717) is 0 Å². The van der Waals surface area contributed by atoms with E-state index in [1.165, 1.54) is 35.0 Å². The number of rotatable bonds is 1. The molecule has 0 spiro atoms. The molecule has 0 bridgehead atoms. The zero-order valence-corrected chi connectivity index (χ0v) is 11.3.